The van der Waals surface area contributed by atoms with Gasteiger partial charge in [-0.2, -0.15) is 5.10 Å². The molecule has 23 heavy (non-hydrogen) atoms. The Labute approximate surface area is 136 Å². The smallest absolute Gasteiger partial charge is 0.224 e. The number of hydrogen-bond acceptors (Lipinski definition) is 4. The number of nitrogens with one attached hydrogen (secondary N) is 1. The summed E-state index contributed by atoms with van der Waals surface area (Å²) in [5.74, 6) is 0.570. The molecule has 0 unspecified atom stereocenters. The zero-order valence-corrected chi connectivity index (χ0v) is 13.8. The SMILES string of the molecule is CCOc1ccc(NC(=O)CCc2cnn(C)c2C)cc1CO. The van der Waals surface area contributed by atoms with Crippen molar-refractivity contribution in [1.82, 2.24) is 9.78 Å². The lowest BCUT2D eigenvalue weighted by Gasteiger charge is -2.11. The van der Waals surface area contributed by atoms with Gasteiger partial charge < -0.3 is 15.2 Å². The van der Waals surface area contributed by atoms with Gasteiger partial charge in [0.1, 0.15) is 5.75 Å². The molecular weight excluding hydrogens is 294 g/mol. The van der Waals surface area contributed by atoms with Crippen molar-refractivity contribution in [2.24, 2.45) is 7.05 Å². The first-order valence-corrected chi connectivity index (χ1v) is 7.69. The zero-order chi connectivity index (χ0) is 16.8. The Morgan fingerprint density at radius 3 is 2.78 bits per heavy atom. The number of nitrogens with zero attached hydrogens (tertiary/aromatic N) is 2. The predicted octanol–water partition coefficient (Wildman–Crippen LogP) is 2.19. The summed E-state index contributed by atoms with van der Waals surface area (Å²) in [5, 5.41) is 16.4. The van der Waals surface area contributed by atoms with Gasteiger partial charge in [0.15, 0.2) is 0 Å². The van der Waals surface area contributed by atoms with Gasteiger partial charge in [-0.3, -0.25) is 9.48 Å². The Bertz CT molecular complexity index is 680. The van der Waals surface area contributed by atoms with E-state index < -0.39 is 0 Å². The maximum Gasteiger partial charge on any atom is 0.224 e. The molecule has 0 bridgehead atoms. The summed E-state index contributed by atoms with van der Waals surface area (Å²) in [5.41, 5.74) is 3.46. The summed E-state index contributed by atoms with van der Waals surface area (Å²) in [6, 6.07) is 5.27. The summed E-state index contributed by atoms with van der Waals surface area (Å²) in [7, 11) is 1.88. The topological polar surface area (TPSA) is 76.4 Å². The van der Waals surface area contributed by atoms with Crippen molar-refractivity contribution in [3.05, 3.63) is 41.2 Å². The van der Waals surface area contributed by atoms with Crippen LogP contribution in [0.3, 0.4) is 0 Å². The van der Waals surface area contributed by atoms with Crippen molar-refractivity contribution >= 4 is 11.6 Å². The maximum atomic E-state index is 12.1. The molecule has 6 nitrogen and oxygen atoms in total. The molecule has 0 fully saturated rings. The monoisotopic (exact) mass is 317 g/mol. The lowest BCUT2D eigenvalue weighted by atomic mass is 10.1. The van der Waals surface area contributed by atoms with Gasteiger partial charge in [-0.05, 0) is 44.0 Å². The molecular formula is C17H23N3O3. The highest BCUT2D eigenvalue weighted by molar-refractivity contribution is 5.91. The molecule has 1 aromatic carbocycles. The fourth-order valence-corrected chi connectivity index (χ4v) is 2.34. The number of aryl methyl sites for hydroxylation is 2. The summed E-state index contributed by atoms with van der Waals surface area (Å²) in [6.07, 6.45) is 2.83. The Morgan fingerprint density at radius 2 is 2.17 bits per heavy atom. The number of benzene rings is 1. The molecule has 0 aliphatic carbocycles. The third-order valence-electron chi connectivity index (χ3n) is 3.77. The van der Waals surface area contributed by atoms with Gasteiger partial charge in [0.25, 0.3) is 0 Å². The number of carbonyl (C=O) groups is 1. The largest absolute Gasteiger partial charge is 0.494 e. The highest BCUT2D eigenvalue weighted by Crippen LogP contribution is 2.23. The molecule has 1 amide bonds. The van der Waals surface area contributed by atoms with Crippen molar-refractivity contribution in [3.63, 3.8) is 0 Å². The number of anilines is 1. The lowest BCUT2D eigenvalue weighted by Crippen LogP contribution is -2.13. The van der Waals surface area contributed by atoms with E-state index in [4.69, 9.17) is 4.74 Å². The molecule has 0 radical (unpaired) electrons. The van der Waals surface area contributed by atoms with Crippen molar-refractivity contribution < 1.29 is 14.6 Å². The Hall–Kier alpha value is -2.34. The minimum Gasteiger partial charge on any atom is -0.494 e. The van der Waals surface area contributed by atoms with Gasteiger partial charge in [-0.15, -0.1) is 0 Å². The number of aromatic nitrogens is 2. The van der Waals surface area contributed by atoms with Crippen LogP contribution in [0.1, 0.15) is 30.2 Å². The van der Waals surface area contributed by atoms with Gasteiger partial charge >= 0.3 is 0 Å². The van der Waals surface area contributed by atoms with Crippen LogP contribution in [0.15, 0.2) is 24.4 Å². The molecule has 0 spiro atoms. The van der Waals surface area contributed by atoms with Crippen LogP contribution in [0.5, 0.6) is 5.75 Å². The normalized spacial score (nSPS) is 10.6. The predicted molar refractivity (Wildman–Crippen MR) is 88.4 cm³/mol. The first-order chi connectivity index (χ1) is 11.0. The molecule has 0 atom stereocenters. The molecule has 2 aromatic rings. The number of hydrogen-bond donors (Lipinski definition) is 2. The van der Waals surface area contributed by atoms with E-state index in [9.17, 15) is 9.90 Å². The number of aliphatic hydroxyl groups is 1. The fraction of sp³-hybridized carbons (Fsp3) is 0.412. The third kappa shape index (κ3) is 4.32. The number of ether oxygens (including phenoxy) is 1. The van der Waals surface area contributed by atoms with E-state index in [0.29, 0.717) is 36.4 Å². The van der Waals surface area contributed by atoms with Crippen molar-refractivity contribution in [3.8, 4) is 5.75 Å². The van der Waals surface area contributed by atoms with Crippen molar-refractivity contribution in [2.75, 3.05) is 11.9 Å². The molecule has 124 valence electrons. The van der Waals surface area contributed by atoms with Crippen LogP contribution in [0.25, 0.3) is 0 Å². The summed E-state index contributed by atoms with van der Waals surface area (Å²) >= 11 is 0. The highest BCUT2D eigenvalue weighted by Gasteiger charge is 2.09. The van der Waals surface area contributed by atoms with Crippen LogP contribution < -0.4 is 10.1 Å². The number of amides is 1. The molecule has 1 aromatic heterocycles. The highest BCUT2D eigenvalue weighted by atomic mass is 16.5. The molecule has 2 rings (SSSR count). The van der Waals surface area contributed by atoms with Crippen LogP contribution in [0, 0.1) is 6.92 Å². The lowest BCUT2D eigenvalue weighted by molar-refractivity contribution is -0.116. The second-order valence-electron chi connectivity index (χ2n) is 5.34. The van der Waals surface area contributed by atoms with Crippen molar-refractivity contribution in [2.45, 2.75) is 33.3 Å². The second kappa shape index (κ2) is 7.78. The summed E-state index contributed by atoms with van der Waals surface area (Å²) in [6.45, 7) is 4.27. The summed E-state index contributed by atoms with van der Waals surface area (Å²) in [4.78, 5) is 12.1. The first-order valence-electron chi connectivity index (χ1n) is 7.69. The van der Waals surface area contributed by atoms with E-state index in [1.54, 1.807) is 29.1 Å². The fourth-order valence-electron chi connectivity index (χ4n) is 2.34. The molecule has 0 aliphatic rings. The first kappa shape index (κ1) is 17.0. The average Bonchev–Trinajstić information content (AvgIpc) is 2.86. The Balaban J connectivity index is 1.96. The van der Waals surface area contributed by atoms with Crippen LogP contribution in [0.2, 0.25) is 0 Å². The minimum atomic E-state index is -0.131. The van der Waals surface area contributed by atoms with Gasteiger partial charge in [-0.25, -0.2) is 0 Å². The Morgan fingerprint density at radius 1 is 1.39 bits per heavy atom. The van der Waals surface area contributed by atoms with E-state index in [0.717, 1.165) is 11.3 Å². The van der Waals surface area contributed by atoms with Gasteiger partial charge in [-0.1, -0.05) is 0 Å². The van der Waals surface area contributed by atoms with Gasteiger partial charge in [0, 0.05) is 30.4 Å². The molecule has 2 N–H and O–H groups in total. The number of rotatable bonds is 7. The van der Waals surface area contributed by atoms with E-state index in [2.05, 4.69) is 10.4 Å². The van der Waals surface area contributed by atoms with Crippen LogP contribution in [-0.4, -0.2) is 27.4 Å². The summed E-state index contributed by atoms with van der Waals surface area (Å²) < 4.78 is 7.23. The maximum absolute atomic E-state index is 12.1. The quantitative estimate of drug-likeness (QED) is 0.821. The molecule has 0 saturated carbocycles. The van der Waals surface area contributed by atoms with Crippen LogP contribution >= 0.6 is 0 Å². The van der Waals surface area contributed by atoms with Gasteiger partial charge in [0.05, 0.1) is 19.4 Å². The number of carbonyl (C=O) groups excluding carboxylic acids is 1. The van der Waals surface area contributed by atoms with Gasteiger partial charge in [0.2, 0.25) is 5.91 Å². The second-order valence-corrected chi connectivity index (χ2v) is 5.34. The molecule has 1 heterocycles. The molecule has 0 aliphatic heterocycles. The molecule has 6 heteroatoms. The van der Waals surface area contributed by atoms with E-state index in [1.807, 2.05) is 20.9 Å². The van der Waals surface area contributed by atoms with Crippen molar-refractivity contribution in [1.29, 1.82) is 0 Å². The van der Waals surface area contributed by atoms with E-state index in [1.165, 1.54) is 0 Å². The standard InChI is InChI=1S/C17H23N3O3/c1-4-23-16-7-6-15(9-14(16)11-21)19-17(22)8-5-13-10-18-20(3)12(13)2/h6-7,9-10,21H,4-5,8,11H2,1-3H3,(H,19,22). The Kier molecular flexibility index (Phi) is 5.76. The third-order valence-corrected chi connectivity index (χ3v) is 3.77. The van der Waals surface area contributed by atoms with E-state index >= 15 is 0 Å². The minimum absolute atomic E-state index is 0.0682. The molecule has 0 saturated heterocycles. The zero-order valence-electron chi connectivity index (χ0n) is 13.8. The van der Waals surface area contributed by atoms with E-state index in [-0.39, 0.29) is 12.5 Å². The van der Waals surface area contributed by atoms with Crippen LogP contribution in [-0.2, 0) is 24.9 Å². The van der Waals surface area contributed by atoms with Crippen LogP contribution in [0.4, 0.5) is 5.69 Å². The number of aliphatic hydroxyl groups excluding tert-OH is 1. The average molecular weight is 317 g/mol.